The Balaban J connectivity index is 2.20. The number of hydrogen-bond acceptors (Lipinski definition) is 5. The van der Waals surface area contributed by atoms with E-state index in [4.69, 9.17) is 11.5 Å². The summed E-state index contributed by atoms with van der Waals surface area (Å²) >= 11 is 0. The minimum Gasteiger partial charge on any atom is -0.383 e. The van der Waals surface area contributed by atoms with Crippen molar-refractivity contribution in [1.82, 2.24) is 15.0 Å². The highest BCUT2D eigenvalue weighted by Gasteiger charge is 2.03. The Morgan fingerprint density at radius 3 is 2.75 bits per heavy atom. The molecule has 0 aliphatic carbocycles. The van der Waals surface area contributed by atoms with Gasteiger partial charge in [-0.3, -0.25) is 4.98 Å². The van der Waals surface area contributed by atoms with Gasteiger partial charge in [0.25, 0.3) is 0 Å². The largest absolute Gasteiger partial charge is 0.383 e. The van der Waals surface area contributed by atoms with Gasteiger partial charge in [-0.05, 0) is 11.6 Å². The molecule has 0 unspecified atom stereocenters. The maximum absolute atomic E-state index is 5.74. The van der Waals surface area contributed by atoms with Gasteiger partial charge < -0.3 is 11.5 Å². The molecule has 0 fully saturated rings. The Kier molecular flexibility index (Phi) is 3.07. The van der Waals surface area contributed by atoms with E-state index >= 15 is 0 Å². The van der Waals surface area contributed by atoms with Gasteiger partial charge in [-0.1, -0.05) is 6.07 Å². The molecule has 2 rings (SSSR count). The third-order valence-corrected chi connectivity index (χ3v) is 2.25. The summed E-state index contributed by atoms with van der Waals surface area (Å²) in [6, 6.07) is 3.86. The Hall–Kier alpha value is -2.01. The molecule has 0 aliphatic heterocycles. The highest BCUT2D eigenvalue weighted by molar-refractivity contribution is 5.37. The topological polar surface area (TPSA) is 90.7 Å². The molecule has 0 atom stereocenters. The summed E-state index contributed by atoms with van der Waals surface area (Å²) in [4.78, 5) is 12.4. The van der Waals surface area contributed by atoms with Crippen molar-refractivity contribution >= 4 is 5.82 Å². The smallest absolute Gasteiger partial charge is 0.135 e. The van der Waals surface area contributed by atoms with Crippen molar-refractivity contribution in [1.29, 1.82) is 0 Å². The van der Waals surface area contributed by atoms with Crippen LogP contribution in [0.25, 0.3) is 0 Å². The minimum atomic E-state index is 0.360. The molecule has 2 aromatic heterocycles. The lowest BCUT2D eigenvalue weighted by atomic mass is 10.2. The van der Waals surface area contributed by atoms with E-state index in [1.54, 1.807) is 18.6 Å². The fraction of sp³-hybridized carbons (Fsp3) is 0.182. The normalized spacial score (nSPS) is 10.3. The molecule has 82 valence electrons. The molecule has 0 amide bonds. The molecule has 5 heteroatoms. The summed E-state index contributed by atoms with van der Waals surface area (Å²) in [6.07, 6.45) is 5.82. The molecular formula is C11H13N5. The van der Waals surface area contributed by atoms with Gasteiger partial charge in [-0.15, -0.1) is 0 Å². The summed E-state index contributed by atoms with van der Waals surface area (Å²) in [6.45, 7) is 0.360. The van der Waals surface area contributed by atoms with E-state index in [0.29, 0.717) is 24.6 Å². The average molecular weight is 215 g/mol. The highest BCUT2D eigenvalue weighted by Crippen LogP contribution is 2.09. The number of nitrogens with two attached hydrogens (primary N) is 2. The van der Waals surface area contributed by atoms with Crippen LogP contribution in [-0.2, 0) is 13.0 Å². The van der Waals surface area contributed by atoms with Crippen molar-refractivity contribution in [2.24, 2.45) is 5.73 Å². The molecule has 4 N–H and O–H groups in total. The Bertz CT molecular complexity index is 469. The molecule has 0 aliphatic rings. The number of nitrogen functional groups attached to an aromatic ring is 1. The first-order chi connectivity index (χ1) is 7.79. The zero-order valence-corrected chi connectivity index (χ0v) is 8.80. The van der Waals surface area contributed by atoms with E-state index in [9.17, 15) is 0 Å². The predicted octanol–water partition coefficient (Wildman–Crippen LogP) is 0.503. The number of pyridine rings is 1. The van der Waals surface area contributed by atoms with Crippen LogP contribution in [0.2, 0.25) is 0 Å². The first-order valence-corrected chi connectivity index (χ1v) is 4.99. The average Bonchev–Trinajstić information content (AvgIpc) is 2.31. The number of anilines is 1. The van der Waals surface area contributed by atoms with E-state index in [1.165, 1.54) is 0 Å². The van der Waals surface area contributed by atoms with E-state index < -0.39 is 0 Å². The Morgan fingerprint density at radius 1 is 1.25 bits per heavy atom. The molecule has 0 spiro atoms. The quantitative estimate of drug-likeness (QED) is 0.778. The molecule has 0 radical (unpaired) electrons. The summed E-state index contributed by atoms with van der Waals surface area (Å²) in [5.74, 6) is 1.14. The van der Waals surface area contributed by atoms with Gasteiger partial charge >= 0.3 is 0 Å². The van der Waals surface area contributed by atoms with Crippen molar-refractivity contribution in [3.63, 3.8) is 0 Å². The van der Waals surface area contributed by atoms with E-state index in [-0.39, 0.29) is 0 Å². The van der Waals surface area contributed by atoms with Gasteiger partial charge in [0.1, 0.15) is 11.6 Å². The van der Waals surface area contributed by atoms with E-state index in [0.717, 1.165) is 11.1 Å². The molecule has 0 bridgehead atoms. The maximum Gasteiger partial charge on any atom is 0.135 e. The molecule has 2 heterocycles. The molecular weight excluding hydrogens is 202 g/mol. The van der Waals surface area contributed by atoms with Gasteiger partial charge in [0.2, 0.25) is 0 Å². The first-order valence-electron chi connectivity index (χ1n) is 4.99. The standard InChI is InChI=1S/C11H13N5/c12-5-9-7-15-10(16-11(9)13)4-8-2-1-3-14-6-8/h1-3,6-7H,4-5,12H2,(H2,13,15,16). The molecule has 16 heavy (non-hydrogen) atoms. The second-order valence-corrected chi connectivity index (χ2v) is 3.44. The first kappa shape index (κ1) is 10.5. The summed E-state index contributed by atoms with van der Waals surface area (Å²) in [7, 11) is 0. The van der Waals surface area contributed by atoms with Crippen LogP contribution < -0.4 is 11.5 Å². The van der Waals surface area contributed by atoms with Crippen molar-refractivity contribution < 1.29 is 0 Å². The highest BCUT2D eigenvalue weighted by atomic mass is 14.9. The van der Waals surface area contributed by atoms with Crippen LogP contribution >= 0.6 is 0 Å². The lowest BCUT2D eigenvalue weighted by molar-refractivity contribution is 0.930. The third kappa shape index (κ3) is 2.32. The van der Waals surface area contributed by atoms with Gasteiger partial charge in [0, 0.05) is 37.1 Å². The molecule has 5 nitrogen and oxygen atoms in total. The third-order valence-electron chi connectivity index (χ3n) is 2.25. The van der Waals surface area contributed by atoms with Gasteiger partial charge in [-0.25, -0.2) is 9.97 Å². The van der Waals surface area contributed by atoms with Crippen LogP contribution in [0.4, 0.5) is 5.82 Å². The summed E-state index contributed by atoms with van der Waals surface area (Å²) < 4.78 is 0. The van der Waals surface area contributed by atoms with Gasteiger partial charge in [0.15, 0.2) is 0 Å². The SMILES string of the molecule is NCc1cnc(Cc2cccnc2)nc1N. The molecule has 2 aromatic rings. The molecule has 0 saturated heterocycles. The fourth-order valence-electron chi connectivity index (χ4n) is 1.39. The molecule has 0 aromatic carbocycles. The second-order valence-electron chi connectivity index (χ2n) is 3.44. The zero-order valence-electron chi connectivity index (χ0n) is 8.80. The van der Waals surface area contributed by atoms with E-state index in [2.05, 4.69) is 15.0 Å². The van der Waals surface area contributed by atoms with Gasteiger partial charge in [-0.2, -0.15) is 0 Å². The number of nitrogens with zero attached hydrogens (tertiary/aromatic N) is 3. The van der Waals surface area contributed by atoms with Crippen molar-refractivity contribution in [2.45, 2.75) is 13.0 Å². The van der Waals surface area contributed by atoms with Crippen molar-refractivity contribution in [3.8, 4) is 0 Å². The monoisotopic (exact) mass is 215 g/mol. The van der Waals surface area contributed by atoms with E-state index in [1.807, 2.05) is 12.1 Å². The fourth-order valence-corrected chi connectivity index (χ4v) is 1.39. The van der Waals surface area contributed by atoms with Crippen LogP contribution in [0.15, 0.2) is 30.7 Å². The summed E-state index contributed by atoms with van der Waals surface area (Å²) in [5.41, 5.74) is 13.1. The Morgan fingerprint density at radius 2 is 2.12 bits per heavy atom. The van der Waals surface area contributed by atoms with Crippen LogP contribution in [0.5, 0.6) is 0 Å². The second kappa shape index (κ2) is 4.67. The lowest BCUT2D eigenvalue weighted by Gasteiger charge is -2.04. The predicted molar refractivity (Wildman–Crippen MR) is 61.4 cm³/mol. The van der Waals surface area contributed by atoms with Crippen LogP contribution in [0.3, 0.4) is 0 Å². The number of rotatable bonds is 3. The van der Waals surface area contributed by atoms with Gasteiger partial charge in [0.05, 0.1) is 0 Å². The lowest BCUT2D eigenvalue weighted by Crippen LogP contribution is -2.07. The number of aromatic nitrogens is 3. The minimum absolute atomic E-state index is 0.360. The van der Waals surface area contributed by atoms with Crippen LogP contribution in [0.1, 0.15) is 17.0 Å². The number of hydrogen-bond donors (Lipinski definition) is 2. The van der Waals surface area contributed by atoms with Crippen LogP contribution in [0, 0.1) is 0 Å². The zero-order chi connectivity index (χ0) is 11.4. The molecule has 0 saturated carbocycles. The maximum atomic E-state index is 5.74. The van der Waals surface area contributed by atoms with Crippen molar-refractivity contribution in [3.05, 3.63) is 47.7 Å². The Labute approximate surface area is 93.6 Å². The summed E-state index contributed by atoms with van der Waals surface area (Å²) in [5, 5.41) is 0. The van der Waals surface area contributed by atoms with Crippen LogP contribution in [-0.4, -0.2) is 15.0 Å². The van der Waals surface area contributed by atoms with Crippen molar-refractivity contribution in [2.75, 3.05) is 5.73 Å².